The molecule has 1 spiro atoms. The monoisotopic (exact) mass is 378 g/mol. The van der Waals surface area contributed by atoms with Crippen molar-refractivity contribution < 1.29 is 14.4 Å². The van der Waals surface area contributed by atoms with E-state index in [1.54, 1.807) is 46.0 Å². The van der Waals surface area contributed by atoms with Gasteiger partial charge in [-0.2, -0.15) is 0 Å². The summed E-state index contributed by atoms with van der Waals surface area (Å²) in [6.45, 7) is 3.88. The Balaban J connectivity index is 1.78. The van der Waals surface area contributed by atoms with Gasteiger partial charge < -0.3 is 20.0 Å². The molecule has 2 saturated heterocycles. The highest BCUT2D eigenvalue weighted by Gasteiger charge is 2.46. The Labute approximate surface area is 157 Å². The van der Waals surface area contributed by atoms with Gasteiger partial charge in [0, 0.05) is 69.2 Å². The molecule has 0 aliphatic carbocycles. The predicted molar refractivity (Wildman–Crippen MR) is 99.0 cm³/mol. The summed E-state index contributed by atoms with van der Waals surface area (Å²) in [5.74, 6) is 0.0137. The molecule has 140 valence electrons. The van der Waals surface area contributed by atoms with Crippen molar-refractivity contribution in [1.29, 1.82) is 0 Å². The van der Waals surface area contributed by atoms with Gasteiger partial charge in [0.1, 0.15) is 0 Å². The topological polar surface area (TPSA) is 73.0 Å². The number of nitrogens with zero attached hydrogens (tertiary/aromatic N) is 3. The number of hydrogen-bond donors (Lipinski definition) is 1. The van der Waals surface area contributed by atoms with Gasteiger partial charge in [0.05, 0.1) is 0 Å². The second kappa shape index (κ2) is 7.15. The van der Waals surface area contributed by atoms with Crippen molar-refractivity contribution in [3.05, 3.63) is 29.3 Å². The van der Waals surface area contributed by atoms with Crippen LogP contribution in [-0.2, 0) is 9.59 Å². The fourth-order valence-electron chi connectivity index (χ4n) is 3.75. The Hall–Kier alpha value is -2.28. The van der Waals surface area contributed by atoms with Crippen molar-refractivity contribution in [3.8, 4) is 0 Å². The molecule has 1 N–H and O–H groups in total. The summed E-state index contributed by atoms with van der Waals surface area (Å²) in [7, 11) is 1.76. The number of carbonyl (C=O) groups is 3. The van der Waals surface area contributed by atoms with E-state index in [1.807, 2.05) is 0 Å². The number of nitrogens with one attached hydrogen (secondary N) is 1. The van der Waals surface area contributed by atoms with Crippen molar-refractivity contribution in [2.24, 2.45) is 5.41 Å². The Morgan fingerprint density at radius 3 is 2.27 bits per heavy atom. The number of halogens is 1. The van der Waals surface area contributed by atoms with Crippen LogP contribution in [0.3, 0.4) is 0 Å². The maximum atomic E-state index is 12.8. The first-order chi connectivity index (χ1) is 12.3. The zero-order chi connectivity index (χ0) is 18.9. The molecule has 0 bridgehead atoms. The van der Waals surface area contributed by atoms with Gasteiger partial charge in [-0.15, -0.1) is 0 Å². The lowest BCUT2D eigenvalue weighted by molar-refractivity contribution is -0.130. The highest BCUT2D eigenvalue weighted by Crippen LogP contribution is 2.34. The second-order valence-corrected chi connectivity index (χ2v) is 7.66. The molecule has 2 heterocycles. The van der Waals surface area contributed by atoms with Crippen LogP contribution >= 0.6 is 11.6 Å². The van der Waals surface area contributed by atoms with E-state index in [2.05, 4.69) is 5.32 Å². The van der Waals surface area contributed by atoms with Crippen molar-refractivity contribution in [2.75, 3.05) is 45.1 Å². The van der Waals surface area contributed by atoms with E-state index >= 15 is 0 Å². The fourth-order valence-corrected chi connectivity index (χ4v) is 3.88. The van der Waals surface area contributed by atoms with Crippen LogP contribution in [0.5, 0.6) is 0 Å². The number of hydrogen-bond acceptors (Lipinski definition) is 3. The van der Waals surface area contributed by atoms with Crippen molar-refractivity contribution in [2.45, 2.75) is 13.3 Å². The Kier molecular flexibility index (Phi) is 5.09. The molecule has 26 heavy (non-hydrogen) atoms. The third-order valence-electron chi connectivity index (χ3n) is 5.04. The van der Waals surface area contributed by atoms with E-state index < -0.39 is 5.41 Å². The SMILES string of the molecule is CC(=O)N1CCN(C(=O)Nc2ccc(Cl)cc2)C[C@]2(CC(=O)N(C)C2)C1. The summed E-state index contributed by atoms with van der Waals surface area (Å²) < 4.78 is 0. The van der Waals surface area contributed by atoms with Crippen LogP contribution in [0.15, 0.2) is 24.3 Å². The van der Waals surface area contributed by atoms with Crippen LogP contribution in [0.1, 0.15) is 13.3 Å². The van der Waals surface area contributed by atoms with Crippen LogP contribution in [0.2, 0.25) is 5.02 Å². The quantitative estimate of drug-likeness (QED) is 0.811. The summed E-state index contributed by atoms with van der Waals surface area (Å²) in [4.78, 5) is 42.0. The van der Waals surface area contributed by atoms with Gasteiger partial charge in [0.2, 0.25) is 11.8 Å². The van der Waals surface area contributed by atoms with E-state index in [4.69, 9.17) is 11.6 Å². The number of anilines is 1. The summed E-state index contributed by atoms with van der Waals surface area (Å²) in [6, 6.07) is 6.66. The number of carbonyl (C=O) groups excluding carboxylic acids is 3. The average Bonchev–Trinajstić information content (AvgIpc) is 2.75. The van der Waals surface area contributed by atoms with Crippen LogP contribution < -0.4 is 5.32 Å². The summed E-state index contributed by atoms with van der Waals surface area (Å²) in [5.41, 5.74) is 0.228. The van der Waals surface area contributed by atoms with Gasteiger partial charge in [-0.1, -0.05) is 11.6 Å². The van der Waals surface area contributed by atoms with E-state index in [-0.39, 0.29) is 17.8 Å². The van der Waals surface area contributed by atoms with Crippen molar-refractivity contribution in [1.82, 2.24) is 14.7 Å². The van der Waals surface area contributed by atoms with Crippen LogP contribution in [-0.4, -0.2) is 72.3 Å². The molecule has 0 radical (unpaired) electrons. The number of amides is 4. The normalized spacial score (nSPS) is 23.3. The molecule has 4 amide bonds. The van der Waals surface area contributed by atoms with Crippen molar-refractivity contribution in [3.63, 3.8) is 0 Å². The minimum Gasteiger partial charge on any atom is -0.345 e. The van der Waals surface area contributed by atoms with Crippen LogP contribution in [0.25, 0.3) is 0 Å². The second-order valence-electron chi connectivity index (χ2n) is 7.23. The maximum absolute atomic E-state index is 12.8. The standard InChI is InChI=1S/C18H23ClN4O3/c1-13(24)22-7-8-23(12-18(11-22)9-16(25)21(2)10-18)17(26)20-15-5-3-14(19)4-6-15/h3-6H,7-12H2,1-2H3,(H,20,26)/t18-/m0/s1. The summed E-state index contributed by atoms with van der Waals surface area (Å²) >= 11 is 5.88. The molecule has 3 rings (SSSR count). The first-order valence-corrected chi connectivity index (χ1v) is 8.97. The highest BCUT2D eigenvalue weighted by molar-refractivity contribution is 6.30. The van der Waals surface area contributed by atoms with Crippen LogP contribution in [0, 0.1) is 5.41 Å². The van der Waals surface area contributed by atoms with Gasteiger partial charge in [-0.3, -0.25) is 9.59 Å². The largest absolute Gasteiger partial charge is 0.345 e. The van der Waals surface area contributed by atoms with Gasteiger partial charge in [-0.05, 0) is 24.3 Å². The first kappa shape index (κ1) is 18.5. The van der Waals surface area contributed by atoms with Crippen LogP contribution in [0.4, 0.5) is 10.5 Å². The smallest absolute Gasteiger partial charge is 0.321 e. The lowest BCUT2D eigenvalue weighted by atomic mass is 9.86. The zero-order valence-electron chi connectivity index (χ0n) is 15.0. The molecular formula is C18H23ClN4O3. The molecule has 0 aromatic heterocycles. The molecule has 2 aliphatic rings. The number of benzene rings is 1. The maximum Gasteiger partial charge on any atom is 0.321 e. The number of likely N-dealkylation sites (tertiary alicyclic amines) is 1. The molecular weight excluding hydrogens is 356 g/mol. The first-order valence-electron chi connectivity index (χ1n) is 8.59. The minimum absolute atomic E-state index is 0.0358. The summed E-state index contributed by atoms with van der Waals surface area (Å²) in [5, 5.41) is 3.46. The van der Waals surface area contributed by atoms with E-state index in [9.17, 15) is 14.4 Å². The molecule has 1 aromatic carbocycles. The summed E-state index contributed by atoms with van der Waals surface area (Å²) in [6.07, 6.45) is 0.345. The molecule has 0 unspecified atom stereocenters. The molecule has 2 fully saturated rings. The zero-order valence-corrected chi connectivity index (χ0v) is 15.8. The molecule has 1 aromatic rings. The number of urea groups is 1. The van der Waals surface area contributed by atoms with Crippen molar-refractivity contribution >= 4 is 35.1 Å². The van der Waals surface area contributed by atoms with Gasteiger partial charge in [-0.25, -0.2) is 4.79 Å². The molecule has 8 heteroatoms. The number of rotatable bonds is 1. The van der Waals surface area contributed by atoms with E-state index in [0.29, 0.717) is 49.9 Å². The lowest BCUT2D eigenvalue weighted by Gasteiger charge is -2.33. The third-order valence-corrected chi connectivity index (χ3v) is 5.30. The van der Waals surface area contributed by atoms with Gasteiger partial charge in [0.25, 0.3) is 0 Å². The molecule has 7 nitrogen and oxygen atoms in total. The predicted octanol–water partition coefficient (Wildman–Crippen LogP) is 1.88. The molecule has 1 atom stereocenters. The molecule has 2 aliphatic heterocycles. The molecule has 0 saturated carbocycles. The minimum atomic E-state index is -0.425. The Morgan fingerprint density at radius 1 is 1.08 bits per heavy atom. The van der Waals surface area contributed by atoms with E-state index in [1.165, 1.54) is 6.92 Å². The van der Waals surface area contributed by atoms with Gasteiger partial charge in [0.15, 0.2) is 0 Å². The Bertz CT molecular complexity index is 724. The third kappa shape index (κ3) is 3.93. The van der Waals surface area contributed by atoms with Gasteiger partial charge >= 0.3 is 6.03 Å². The Morgan fingerprint density at radius 2 is 1.69 bits per heavy atom. The average molecular weight is 379 g/mol. The van der Waals surface area contributed by atoms with E-state index in [0.717, 1.165) is 0 Å². The lowest BCUT2D eigenvalue weighted by Crippen LogP contribution is -2.45. The highest BCUT2D eigenvalue weighted by atomic mass is 35.5. The fraction of sp³-hybridized carbons (Fsp3) is 0.500.